The van der Waals surface area contributed by atoms with Crippen molar-refractivity contribution in [1.82, 2.24) is 15.5 Å². The summed E-state index contributed by atoms with van der Waals surface area (Å²) in [4.78, 5) is 7.24. The summed E-state index contributed by atoms with van der Waals surface area (Å²) in [6.07, 6.45) is 2.68. The first-order chi connectivity index (χ1) is 11.8. The quantitative estimate of drug-likeness (QED) is 0.371. The van der Waals surface area contributed by atoms with E-state index in [4.69, 9.17) is 14.1 Å². The molecular formula is C18H31IN4O2. The molecule has 0 aromatic carbocycles. The van der Waals surface area contributed by atoms with Crippen LogP contribution >= 0.6 is 24.0 Å². The van der Waals surface area contributed by atoms with E-state index in [1.807, 2.05) is 13.0 Å². The lowest BCUT2D eigenvalue weighted by molar-refractivity contribution is 0.0135. The maximum atomic E-state index is 5.91. The number of aliphatic imine (C=N–C) groups is 1. The molecule has 1 atom stereocenters. The maximum absolute atomic E-state index is 5.91. The Hall–Kier alpha value is -0.800. The molecule has 1 saturated heterocycles. The molecule has 2 aliphatic rings. The summed E-state index contributed by atoms with van der Waals surface area (Å²) in [6, 6.07) is 4.28. The molecule has 1 unspecified atom stereocenters. The van der Waals surface area contributed by atoms with Crippen LogP contribution in [0.25, 0.3) is 0 Å². The minimum atomic E-state index is 0. The van der Waals surface area contributed by atoms with Crippen molar-refractivity contribution < 1.29 is 9.15 Å². The van der Waals surface area contributed by atoms with Crippen LogP contribution in [0, 0.1) is 12.8 Å². The summed E-state index contributed by atoms with van der Waals surface area (Å²) in [5, 5.41) is 6.81. The standard InChI is InChI=1S/C18H30N4O2.HI/c1-3-19-18(20-12-15-5-6-15)21-13-16(17-7-4-14(2)24-17)22-8-10-23-11-9-22;/h4,7,15-16H,3,5-6,8-13H2,1-2H3,(H2,19,20,21);1H. The van der Waals surface area contributed by atoms with E-state index in [9.17, 15) is 0 Å². The zero-order valence-electron chi connectivity index (χ0n) is 15.3. The third kappa shape index (κ3) is 6.45. The summed E-state index contributed by atoms with van der Waals surface area (Å²) in [6.45, 7) is 10.1. The van der Waals surface area contributed by atoms with E-state index in [1.165, 1.54) is 12.8 Å². The molecule has 6 nitrogen and oxygen atoms in total. The predicted molar refractivity (Wildman–Crippen MR) is 111 cm³/mol. The highest BCUT2D eigenvalue weighted by Crippen LogP contribution is 2.27. The fourth-order valence-electron chi connectivity index (χ4n) is 2.99. The zero-order valence-corrected chi connectivity index (χ0v) is 17.6. The SMILES string of the molecule is CCNC(=NCC(c1ccc(C)o1)N1CCOCC1)NCC1CC1.I. The van der Waals surface area contributed by atoms with Gasteiger partial charge in [0, 0.05) is 26.2 Å². The van der Waals surface area contributed by atoms with Gasteiger partial charge in [0.2, 0.25) is 0 Å². The number of ether oxygens (including phenoxy) is 1. The molecule has 0 spiro atoms. The molecule has 0 amide bonds. The molecule has 2 fully saturated rings. The first kappa shape index (κ1) is 20.5. The minimum Gasteiger partial charge on any atom is -0.465 e. The fraction of sp³-hybridized carbons (Fsp3) is 0.722. The van der Waals surface area contributed by atoms with Gasteiger partial charge < -0.3 is 19.8 Å². The second-order valence-corrected chi connectivity index (χ2v) is 6.66. The second-order valence-electron chi connectivity index (χ2n) is 6.66. The van der Waals surface area contributed by atoms with Crippen LogP contribution in [0.2, 0.25) is 0 Å². The van der Waals surface area contributed by atoms with Gasteiger partial charge in [-0.15, -0.1) is 24.0 Å². The first-order valence-electron chi connectivity index (χ1n) is 9.16. The molecule has 0 radical (unpaired) electrons. The molecule has 142 valence electrons. The highest BCUT2D eigenvalue weighted by Gasteiger charge is 2.25. The number of nitrogens with one attached hydrogen (secondary N) is 2. The van der Waals surface area contributed by atoms with Gasteiger partial charge in [0.15, 0.2) is 5.96 Å². The average Bonchev–Trinajstić information content (AvgIpc) is 3.34. The van der Waals surface area contributed by atoms with Gasteiger partial charge in [-0.05, 0) is 44.7 Å². The molecular weight excluding hydrogens is 431 g/mol. The number of guanidine groups is 1. The normalized spacial score (nSPS) is 20.0. The molecule has 3 rings (SSSR count). The van der Waals surface area contributed by atoms with E-state index in [1.54, 1.807) is 0 Å². The minimum absolute atomic E-state index is 0. The van der Waals surface area contributed by atoms with Crippen LogP contribution in [0.5, 0.6) is 0 Å². The van der Waals surface area contributed by atoms with Gasteiger partial charge >= 0.3 is 0 Å². The van der Waals surface area contributed by atoms with Crippen molar-refractivity contribution in [3.63, 3.8) is 0 Å². The molecule has 1 aromatic heterocycles. The van der Waals surface area contributed by atoms with Crippen LogP contribution in [0.3, 0.4) is 0 Å². The maximum Gasteiger partial charge on any atom is 0.191 e. The molecule has 2 N–H and O–H groups in total. The molecule has 1 saturated carbocycles. The summed E-state index contributed by atoms with van der Waals surface area (Å²) < 4.78 is 11.4. The number of halogens is 1. The molecule has 1 aliphatic heterocycles. The molecule has 1 aromatic rings. The first-order valence-corrected chi connectivity index (χ1v) is 9.16. The van der Waals surface area contributed by atoms with E-state index in [0.717, 1.165) is 62.8 Å². The number of rotatable bonds is 7. The van der Waals surface area contributed by atoms with Crippen molar-refractivity contribution >= 4 is 29.9 Å². The summed E-state index contributed by atoms with van der Waals surface area (Å²) in [5.74, 6) is 3.68. The van der Waals surface area contributed by atoms with E-state index in [-0.39, 0.29) is 30.0 Å². The van der Waals surface area contributed by atoms with Crippen LogP contribution in [0.1, 0.15) is 37.3 Å². The highest BCUT2D eigenvalue weighted by atomic mass is 127. The van der Waals surface area contributed by atoms with Gasteiger partial charge in [-0.3, -0.25) is 9.89 Å². The fourth-order valence-corrected chi connectivity index (χ4v) is 2.99. The Morgan fingerprint density at radius 1 is 1.28 bits per heavy atom. The summed E-state index contributed by atoms with van der Waals surface area (Å²) in [7, 11) is 0. The topological polar surface area (TPSA) is 62.0 Å². The van der Waals surface area contributed by atoms with Crippen LogP contribution < -0.4 is 10.6 Å². The third-order valence-electron chi connectivity index (χ3n) is 4.60. The number of hydrogen-bond donors (Lipinski definition) is 2. The van der Waals surface area contributed by atoms with E-state index in [2.05, 4.69) is 28.5 Å². The van der Waals surface area contributed by atoms with Gasteiger partial charge in [-0.1, -0.05) is 0 Å². The van der Waals surface area contributed by atoms with E-state index >= 15 is 0 Å². The zero-order chi connectivity index (χ0) is 16.8. The van der Waals surface area contributed by atoms with Crippen molar-refractivity contribution in [3.8, 4) is 0 Å². The van der Waals surface area contributed by atoms with Gasteiger partial charge in [-0.25, -0.2) is 0 Å². The third-order valence-corrected chi connectivity index (χ3v) is 4.60. The van der Waals surface area contributed by atoms with Crippen molar-refractivity contribution in [2.24, 2.45) is 10.9 Å². The number of nitrogens with zero attached hydrogens (tertiary/aromatic N) is 2. The molecule has 1 aliphatic carbocycles. The van der Waals surface area contributed by atoms with Crippen LogP contribution in [0.4, 0.5) is 0 Å². The lowest BCUT2D eigenvalue weighted by Crippen LogP contribution is -2.42. The summed E-state index contributed by atoms with van der Waals surface area (Å²) >= 11 is 0. The van der Waals surface area contributed by atoms with Gasteiger partial charge in [-0.2, -0.15) is 0 Å². The Balaban J connectivity index is 0.00000225. The Bertz CT molecular complexity index is 539. The van der Waals surface area contributed by atoms with Crippen LogP contribution in [-0.4, -0.2) is 56.8 Å². The largest absolute Gasteiger partial charge is 0.465 e. The average molecular weight is 462 g/mol. The number of aryl methyl sites for hydroxylation is 1. The lowest BCUT2D eigenvalue weighted by atomic mass is 10.1. The van der Waals surface area contributed by atoms with Crippen molar-refractivity contribution in [2.75, 3.05) is 45.9 Å². The van der Waals surface area contributed by atoms with Crippen molar-refractivity contribution in [3.05, 3.63) is 23.7 Å². The predicted octanol–water partition coefficient (Wildman–Crippen LogP) is 2.54. The molecule has 25 heavy (non-hydrogen) atoms. The monoisotopic (exact) mass is 462 g/mol. The van der Waals surface area contributed by atoms with Crippen LogP contribution in [0.15, 0.2) is 21.5 Å². The number of hydrogen-bond acceptors (Lipinski definition) is 4. The number of furan rings is 1. The van der Waals surface area contributed by atoms with Crippen molar-refractivity contribution in [2.45, 2.75) is 32.7 Å². The molecule has 7 heteroatoms. The number of morpholine rings is 1. The second kappa shape index (κ2) is 10.4. The van der Waals surface area contributed by atoms with Crippen LogP contribution in [-0.2, 0) is 4.74 Å². The molecule has 0 bridgehead atoms. The van der Waals surface area contributed by atoms with Gasteiger partial charge in [0.25, 0.3) is 0 Å². The van der Waals surface area contributed by atoms with E-state index < -0.39 is 0 Å². The smallest absolute Gasteiger partial charge is 0.191 e. The van der Waals surface area contributed by atoms with Crippen molar-refractivity contribution in [1.29, 1.82) is 0 Å². The Morgan fingerprint density at radius 2 is 2.04 bits per heavy atom. The van der Waals surface area contributed by atoms with Gasteiger partial charge in [0.05, 0.1) is 25.8 Å². The Kier molecular flexibility index (Phi) is 8.51. The Labute approximate surface area is 167 Å². The van der Waals surface area contributed by atoms with E-state index in [0.29, 0.717) is 6.54 Å². The molecule has 2 heterocycles. The highest BCUT2D eigenvalue weighted by molar-refractivity contribution is 14.0. The van der Waals surface area contributed by atoms with Gasteiger partial charge in [0.1, 0.15) is 11.5 Å². The summed E-state index contributed by atoms with van der Waals surface area (Å²) in [5.41, 5.74) is 0. The Morgan fingerprint density at radius 3 is 2.64 bits per heavy atom. The lowest BCUT2D eigenvalue weighted by Gasteiger charge is -2.32.